The summed E-state index contributed by atoms with van der Waals surface area (Å²) in [5.41, 5.74) is 7.05. The molecule has 3 aromatic rings. The number of benzene rings is 3. The number of hydrogen-bond donors (Lipinski definition) is 0. The molecule has 0 unspecified atom stereocenters. The minimum Gasteiger partial charge on any atom is -0.140 e. The maximum absolute atomic E-state index is 4.39. The van der Waals surface area contributed by atoms with Crippen LogP contribution in [0.2, 0.25) is 0 Å². The summed E-state index contributed by atoms with van der Waals surface area (Å²) in [5, 5.41) is 0. The van der Waals surface area contributed by atoms with Crippen molar-refractivity contribution in [1.29, 1.82) is 0 Å². The monoisotopic (exact) mass is 323 g/mol. The molecule has 25 heavy (non-hydrogen) atoms. The molecule has 3 rings (SSSR count). The molecule has 0 atom stereocenters. The molecule has 0 aromatic heterocycles. The van der Waals surface area contributed by atoms with Crippen molar-refractivity contribution < 1.29 is 0 Å². The largest absolute Gasteiger partial charge is 0.222 e. The number of allylic oxidation sites excluding steroid dienone is 2. The maximum Gasteiger partial charge on any atom is 0.222 e. The lowest BCUT2D eigenvalue weighted by molar-refractivity contribution is 1.43. The SMILES string of the molecule is C/C(=C(/C)c1ccccc1[CH-][N+]#Cc1ccccc1)c1ccccc1. The third-order valence-corrected chi connectivity index (χ3v) is 4.31. The van der Waals surface area contributed by atoms with Gasteiger partial charge in [0.05, 0.1) is 0 Å². The van der Waals surface area contributed by atoms with Gasteiger partial charge in [0.25, 0.3) is 0 Å². The summed E-state index contributed by atoms with van der Waals surface area (Å²) in [6.45, 7) is 6.21. The van der Waals surface area contributed by atoms with Gasteiger partial charge in [0, 0.05) is 5.56 Å². The van der Waals surface area contributed by atoms with Gasteiger partial charge in [0.15, 0.2) is 0 Å². The van der Waals surface area contributed by atoms with Crippen molar-refractivity contribution in [3.8, 4) is 6.07 Å². The lowest BCUT2D eigenvalue weighted by Gasteiger charge is -2.14. The fraction of sp³-hybridized carbons (Fsp3) is 0.0833. The molecular formula is C24H21N. The summed E-state index contributed by atoms with van der Waals surface area (Å²) >= 11 is 0. The minimum atomic E-state index is 0.976. The molecule has 1 nitrogen and oxygen atoms in total. The van der Waals surface area contributed by atoms with Gasteiger partial charge in [0.2, 0.25) is 12.6 Å². The Balaban J connectivity index is 1.90. The molecule has 0 bridgehead atoms. The standard InChI is InChI=1S/C24H21N/c1-19(22-13-7-4-8-14-22)20(2)24-16-10-9-15-23(24)18-25-17-21-11-5-3-6-12-21/h3-16,18H,1-2H3/b20-19+. The Labute approximate surface area is 150 Å². The highest BCUT2D eigenvalue weighted by molar-refractivity contribution is 5.90. The smallest absolute Gasteiger partial charge is 0.140 e. The van der Waals surface area contributed by atoms with Gasteiger partial charge in [0.1, 0.15) is 0 Å². The van der Waals surface area contributed by atoms with Crippen LogP contribution in [-0.2, 0) is 0 Å². The molecule has 122 valence electrons. The zero-order valence-corrected chi connectivity index (χ0v) is 14.6. The lowest BCUT2D eigenvalue weighted by Crippen LogP contribution is -1.91. The van der Waals surface area contributed by atoms with E-state index in [1.54, 1.807) is 0 Å². The predicted molar refractivity (Wildman–Crippen MR) is 107 cm³/mol. The van der Waals surface area contributed by atoms with E-state index in [-0.39, 0.29) is 0 Å². The molecule has 0 amide bonds. The van der Waals surface area contributed by atoms with Crippen molar-refractivity contribution in [2.24, 2.45) is 0 Å². The Hall–Kier alpha value is -3.24. The van der Waals surface area contributed by atoms with E-state index in [1.165, 1.54) is 22.3 Å². The molecule has 0 heterocycles. The Kier molecular flexibility index (Phi) is 5.34. The van der Waals surface area contributed by atoms with Crippen LogP contribution in [0.25, 0.3) is 16.0 Å². The fourth-order valence-corrected chi connectivity index (χ4v) is 2.75. The van der Waals surface area contributed by atoms with Crippen LogP contribution in [0, 0.1) is 12.6 Å². The third kappa shape index (κ3) is 4.19. The van der Waals surface area contributed by atoms with Crippen molar-refractivity contribution in [3.63, 3.8) is 0 Å². The van der Waals surface area contributed by atoms with Crippen LogP contribution in [0.1, 0.15) is 36.1 Å². The van der Waals surface area contributed by atoms with E-state index in [1.807, 2.05) is 49.0 Å². The quantitative estimate of drug-likeness (QED) is 0.381. The minimum absolute atomic E-state index is 0.976. The van der Waals surface area contributed by atoms with Crippen LogP contribution in [-0.4, -0.2) is 0 Å². The predicted octanol–water partition coefficient (Wildman–Crippen LogP) is 6.53. The van der Waals surface area contributed by atoms with Crippen LogP contribution < -0.4 is 0 Å². The molecule has 0 spiro atoms. The summed E-state index contributed by atoms with van der Waals surface area (Å²) in [6, 6.07) is 31.9. The summed E-state index contributed by atoms with van der Waals surface area (Å²) in [4.78, 5) is 4.39. The first kappa shape index (κ1) is 16.6. The van der Waals surface area contributed by atoms with Crippen LogP contribution >= 0.6 is 0 Å². The molecular weight excluding hydrogens is 302 g/mol. The highest BCUT2D eigenvalue weighted by Crippen LogP contribution is 2.28. The Morgan fingerprint density at radius 2 is 1.32 bits per heavy atom. The fourth-order valence-electron chi connectivity index (χ4n) is 2.75. The van der Waals surface area contributed by atoms with Crippen LogP contribution in [0.3, 0.4) is 0 Å². The van der Waals surface area contributed by atoms with Gasteiger partial charge in [-0.3, -0.25) is 0 Å². The van der Waals surface area contributed by atoms with Gasteiger partial charge >= 0.3 is 0 Å². The highest BCUT2D eigenvalue weighted by Gasteiger charge is 2.05. The second-order valence-electron chi connectivity index (χ2n) is 5.94. The Morgan fingerprint density at radius 3 is 2.04 bits per heavy atom. The summed E-state index contributed by atoms with van der Waals surface area (Å²) in [6.07, 6.45) is 0. The van der Waals surface area contributed by atoms with Crippen LogP contribution in [0.4, 0.5) is 0 Å². The first-order valence-electron chi connectivity index (χ1n) is 8.42. The van der Waals surface area contributed by atoms with Gasteiger partial charge in [-0.25, -0.2) is 0 Å². The average molecular weight is 323 g/mol. The molecule has 0 saturated heterocycles. The van der Waals surface area contributed by atoms with Crippen molar-refractivity contribution in [1.82, 2.24) is 0 Å². The molecule has 0 fully saturated rings. The molecule has 3 aromatic carbocycles. The van der Waals surface area contributed by atoms with Crippen molar-refractivity contribution >= 4 is 11.1 Å². The Morgan fingerprint density at radius 1 is 0.720 bits per heavy atom. The first-order valence-corrected chi connectivity index (χ1v) is 8.42. The van der Waals surface area contributed by atoms with Gasteiger partial charge in [-0.1, -0.05) is 89.5 Å². The number of rotatable bonds is 3. The van der Waals surface area contributed by atoms with Crippen molar-refractivity contribution in [2.75, 3.05) is 0 Å². The molecule has 0 aliphatic heterocycles. The lowest BCUT2D eigenvalue weighted by atomic mass is 9.94. The van der Waals surface area contributed by atoms with Gasteiger partial charge in [-0.2, -0.15) is 0 Å². The molecule has 0 N–H and O–H groups in total. The van der Waals surface area contributed by atoms with E-state index < -0.39 is 0 Å². The topological polar surface area (TPSA) is 4.36 Å². The van der Waals surface area contributed by atoms with E-state index in [9.17, 15) is 0 Å². The normalized spacial score (nSPS) is 11.1. The van der Waals surface area contributed by atoms with Gasteiger partial charge in [-0.15, -0.1) is 17.0 Å². The molecule has 1 heteroatoms. The third-order valence-electron chi connectivity index (χ3n) is 4.31. The zero-order chi connectivity index (χ0) is 17.5. The summed E-state index contributed by atoms with van der Waals surface area (Å²) < 4.78 is 0. The molecule has 0 aliphatic carbocycles. The second kappa shape index (κ2) is 8.04. The highest BCUT2D eigenvalue weighted by atomic mass is 14.6. The van der Waals surface area contributed by atoms with E-state index in [0.717, 1.165) is 11.1 Å². The zero-order valence-electron chi connectivity index (χ0n) is 14.6. The number of nitrogens with zero attached hydrogens (tertiary/aromatic N) is 1. The van der Waals surface area contributed by atoms with Crippen LogP contribution in [0.15, 0.2) is 84.9 Å². The van der Waals surface area contributed by atoms with Gasteiger partial charge < -0.3 is 0 Å². The second-order valence-corrected chi connectivity index (χ2v) is 5.94. The average Bonchev–Trinajstić information content (AvgIpc) is 2.69. The van der Waals surface area contributed by atoms with Crippen molar-refractivity contribution in [2.45, 2.75) is 13.8 Å². The maximum atomic E-state index is 4.39. The van der Waals surface area contributed by atoms with Crippen molar-refractivity contribution in [3.05, 3.63) is 119 Å². The molecule has 0 aliphatic rings. The van der Waals surface area contributed by atoms with E-state index in [4.69, 9.17) is 0 Å². The summed E-state index contributed by atoms with van der Waals surface area (Å²) in [7, 11) is 0. The Bertz CT molecular complexity index is 926. The summed E-state index contributed by atoms with van der Waals surface area (Å²) in [5.74, 6) is 0. The number of hydrogen-bond acceptors (Lipinski definition) is 0. The van der Waals surface area contributed by atoms with E-state index in [0.29, 0.717) is 0 Å². The van der Waals surface area contributed by atoms with E-state index >= 15 is 0 Å². The van der Waals surface area contributed by atoms with E-state index in [2.05, 4.69) is 67.2 Å². The molecule has 0 radical (unpaired) electrons. The van der Waals surface area contributed by atoms with Gasteiger partial charge in [-0.05, 0) is 25.0 Å². The van der Waals surface area contributed by atoms with Crippen LogP contribution in [0.5, 0.6) is 0 Å². The first-order chi connectivity index (χ1) is 12.3. The molecule has 0 saturated carbocycles.